The normalized spacial score (nSPS) is 20.5. The van der Waals surface area contributed by atoms with Crippen molar-refractivity contribution in [2.24, 2.45) is 0 Å². The van der Waals surface area contributed by atoms with Crippen molar-refractivity contribution < 1.29 is 29.0 Å². The Balaban J connectivity index is 2.37. The lowest BCUT2D eigenvalue weighted by Gasteiger charge is -2.16. The second-order valence-electron chi connectivity index (χ2n) is 6.44. The molecule has 1 N–H and O–H groups in total. The molecular weight excluding hydrogens is 336 g/mol. The molecule has 1 aromatic carbocycles. The molecule has 0 unspecified atom stereocenters. The number of hydrogen-bond donors (Lipinski definition) is 1. The summed E-state index contributed by atoms with van der Waals surface area (Å²) in [4.78, 5) is 35.5. The monoisotopic (exact) mass is 360 g/mol. The van der Waals surface area contributed by atoms with Crippen LogP contribution in [0.25, 0.3) is 6.08 Å². The molecule has 6 nitrogen and oxygen atoms in total. The molecule has 2 rings (SSSR count). The predicted molar refractivity (Wildman–Crippen MR) is 96.0 cm³/mol. The van der Waals surface area contributed by atoms with Gasteiger partial charge in [0.25, 0.3) is 0 Å². The van der Waals surface area contributed by atoms with E-state index in [-0.39, 0.29) is 28.9 Å². The first-order valence-corrected chi connectivity index (χ1v) is 8.81. The summed E-state index contributed by atoms with van der Waals surface area (Å²) in [7, 11) is 0. The Morgan fingerprint density at radius 2 is 1.96 bits per heavy atom. The first-order valence-electron chi connectivity index (χ1n) is 8.81. The zero-order valence-electron chi connectivity index (χ0n) is 15.1. The van der Waals surface area contributed by atoms with E-state index in [4.69, 9.17) is 9.47 Å². The number of hydrogen-bond acceptors (Lipinski definition) is 6. The van der Waals surface area contributed by atoms with Gasteiger partial charge in [0, 0.05) is 25.8 Å². The summed E-state index contributed by atoms with van der Waals surface area (Å²) in [6, 6.07) is 2.73. The first-order chi connectivity index (χ1) is 12.4. The number of esters is 2. The van der Waals surface area contributed by atoms with E-state index in [1.807, 2.05) is 6.08 Å². The zero-order chi connectivity index (χ0) is 19.1. The van der Waals surface area contributed by atoms with Crippen molar-refractivity contribution in [3.8, 4) is 11.5 Å². The minimum Gasteiger partial charge on any atom is -0.507 e. The van der Waals surface area contributed by atoms with Crippen molar-refractivity contribution in [3.63, 3.8) is 0 Å². The fourth-order valence-corrected chi connectivity index (χ4v) is 2.84. The molecule has 1 atom stereocenters. The van der Waals surface area contributed by atoms with E-state index in [2.05, 4.69) is 0 Å². The van der Waals surface area contributed by atoms with Crippen LogP contribution in [0.4, 0.5) is 0 Å². The summed E-state index contributed by atoms with van der Waals surface area (Å²) in [5.74, 6) is -1.11. The summed E-state index contributed by atoms with van der Waals surface area (Å²) < 4.78 is 10.4. The fourth-order valence-electron chi connectivity index (χ4n) is 2.84. The molecule has 0 saturated carbocycles. The van der Waals surface area contributed by atoms with Crippen LogP contribution in [0.2, 0.25) is 0 Å². The van der Waals surface area contributed by atoms with Crippen LogP contribution in [0.15, 0.2) is 18.2 Å². The van der Waals surface area contributed by atoms with Gasteiger partial charge < -0.3 is 14.6 Å². The van der Waals surface area contributed by atoms with Crippen molar-refractivity contribution >= 4 is 23.8 Å². The number of rotatable bonds is 1. The van der Waals surface area contributed by atoms with Gasteiger partial charge in [0.2, 0.25) is 0 Å². The average Bonchev–Trinajstić information content (AvgIpc) is 2.52. The van der Waals surface area contributed by atoms with Crippen LogP contribution in [-0.4, -0.2) is 28.9 Å². The van der Waals surface area contributed by atoms with Crippen LogP contribution in [-0.2, 0) is 14.3 Å². The van der Waals surface area contributed by atoms with E-state index in [0.29, 0.717) is 37.7 Å². The highest BCUT2D eigenvalue weighted by Crippen LogP contribution is 2.30. The molecule has 140 valence electrons. The largest absolute Gasteiger partial charge is 0.507 e. The van der Waals surface area contributed by atoms with Gasteiger partial charge in [0.05, 0.1) is 6.10 Å². The number of phenolic OH excluding ortho intramolecular Hbond substituents is 1. The smallest absolute Gasteiger partial charge is 0.342 e. The van der Waals surface area contributed by atoms with Gasteiger partial charge in [-0.1, -0.05) is 12.2 Å². The molecule has 0 aromatic heterocycles. The van der Waals surface area contributed by atoms with Crippen LogP contribution < -0.4 is 4.74 Å². The van der Waals surface area contributed by atoms with Gasteiger partial charge in [-0.15, -0.1) is 0 Å². The van der Waals surface area contributed by atoms with E-state index in [0.717, 1.165) is 6.42 Å². The Morgan fingerprint density at radius 3 is 2.69 bits per heavy atom. The van der Waals surface area contributed by atoms with E-state index >= 15 is 0 Å². The minimum absolute atomic E-state index is 0.0390. The second kappa shape index (κ2) is 9.17. The summed E-state index contributed by atoms with van der Waals surface area (Å²) in [6.07, 6.45) is 6.75. The lowest BCUT2D eigenvalue weighted by Crippen LogP contribution is -2.17. The quantitative estimate of drug-likeness (QED) is 0.605. The third kappa shape index (κ3) is 5.72. The van der Waals surface area contributed by atoms with Gasteiger partial charge in [-0.2, -0.15) is 0 Å². The lowest BCUT2D eigenvalue weighted by molar-refractivity contribution is -0.131. The van der Waals surface area contributed by atoms with Crippen molar-refractivity contribution in [1.29, 1.82) is 0 Å². The third-order valence-corrected chi connectivity index (χ3v) is 4.09. The molecule has 0 fully saturated rings. The first kappa shape index (κ1) is 19.7. The highest BCUT2D eigenvalue weighted by atomic mass is 16.5. The number of cyclic esters (lactones) is 1. The number of benzene rings is 1. The Labute approximate surface area is 152 Å². The molecule has 1 aromatic rings. The standard InChI is InChI=1S/C20H24O6/c1-13-7-6-10-16(22)9-5-3-4-8-15-11-17(26-14(2)21)12-18(23)19(15)20(24)25-13/h4,8,11-13,23H,3,5-7,9-10H2,1-2H3/b8-4+/t13-/m0/s1. The maximum absolute atomic E-state index is 12.5. The van der Waals surface area contributed by atoms with Crippen LogP contribution in [0.3, 0.4) is 0 Å². The van der Waals surface area contributed by atoms with Gasteiger partial charge >= 0.3 is 11.9 Å². The van der Waals surface area contributed by atoms with Crippen molar-refractivity contribution in [3.05, 3.63) is 29.3 Å². The molecule has 6 heteroatoms. The van der Waals surface area contributed by atoms with E-state index in [1.165, 1.54) is 19.1 Å². The molecule has 26 heavy (non-hydrogen) atoms. The highest BCUT2D eigenvalue weighted by Gasteiger charge is 2.21. The maximum Gasteiger partial charge on any atom is 0.342 e. The number of carbonyl (C=O) groups excluding carboxylic acids is 3. The molecule has 0 aliphatic carbocycles. The molecular formula is C20H24O6. The number of carbonyl (C=O) groups is 3. The minimum atomic E-state index is -0.646. The van der Waals surface area contributed by atoms with E-state index in [1.54, 1.807) is 13.0 Å². The number of ketones is 1. The van der Waals surface area contributed by atoms with Crippen molar-refractivity contribution in [2.75, 3.05) is 0 Å². The second-order valence-corrected chi connectivity index (χ2v) is 6.44. The molecule has 0 amide bonds. The number of fused-ring (bicyclic) bond motifs is 1. The van der Waals surface area contributed by atoms with Crippen LogP contribution in [0.5, 0.6) is 11.5 Å². The average molecular weight is 360 g/mol. The summed E-state index contributed by atoms with van der Waals surface area (Å²) in [5, 5.41) is 10.3. The van der Waals surface area contributed by atoms with Crippen LogP contribution in [0, 0.1) is 0 Å². The van der Waals surface area contributed by atoms with Gasteiger partial charge in [-0.25, -0.2) is 4.79 Å². The van der Waals surface area contributed by atoms with Crippen molar-refractivity contribution in [1.82, 2.24) is 0 Å². The number of Topliss-reactive ketones (excluding diaryl/α,β-unsaturated/α-hetero) is 1. The van der Waals surface area contributed by atoms with Gasteiger partial charge in [-0.05, 0) is 44.2 Å². The Kier molecular flexibility index (Phi) is 6.95. The summed E-state index contributed by atoms with van der Waals surface area (Å²) in [6.45, 7) is 3.01. The molecule has 0 saturated heterocycles. The van der Waals surface area contributed by atoms with Crippen LogP contribution in [0.1, 0.15) is 68.3 Å². The maximum atomic E-state index is 12.5. The van der Waals surface area contributed by atoms with Crippen LogP contribution >= 0.6 is 0 Å². The fraction of sp³-hybridized carbons (Fsp3) is 0.450. The Bertz CT molecular complexity index is 719. The lowest BCUT2D eigenvalue weighted by atomic mass is 10.0. The molecule has 0 radical (unpaired) electrons. The highest BCUT2D eigenvalue weighted by molar-refractivity contribution is 5.97. The molecule has 0 bridgehead atoms. The topological polar surface area (TPSA) is 89.9 Å². The summed E-state index contributed by atoms with van der Waals surface area (Å²) >= 11 is 0. The number of aromatic hydroxyl groups is 1. The SMILES string of the molecule is CC(=O)Oc1cc(O)c2c(c1)/C=C/CCCC(=O)CCC[C@H](C)OC2=O. The van der Waals surface area contributed by atoms with E-state index in [9.17, 15) is 19.5 Å². The van der Waals surface area contributed by atoms with Crippen molar-refractivity contribution in [2.45, 2.75) is 58.5 Å². The Morgan fingerprint density at radius 1 is 1.23 bits per heavy atom. The van der Waals surface area contributed by atoms with Gasteiger partial charge in [0.15, 0.2) is 0 Å². The number of ether oxygens (including phenoxy) is 2. The summed E-state index contributed by atoms with van der Waals surface area (Å²) in [5.41, 5.74) is 0.443. The van der Waals surface area contributed by atoms with Gasteiger partial charge in [0.1, 0.15) is 22.8 Å². The molecule has 0 spiro atoms. The third-order valence-electron chi connectivity index (χ3n) is 4.09. The molecule has 1 aliphatic rings. The number of phenols is 1. The molecule has 1 aliphatic heterocycles. The predicted octanol–water partition coefficient (Wildman–Crippen LogP) is 3.80. The zero-order valence-corrected chi connectivity index (χ0v) is 15.1. The van der Waals surface area contributed by atoms with Gasteiger partial charge in [-0.3, -0.25) is 9.59 Å². The van der Waals surface area contributed by atoms with E-state index < -0.39 is 11.9 Å². The molecule has 1 heterocycles. The Hall–Kier alpha value is -2.63. The number of allylic oxidation sites excluding steroid dienone is 1.